The summed E-state index contributed by atoms with van der Waals surface area (Å²) in [5, 5.41) is 6.82. The average molecular weight is 519 g/mol. The van der Waals surface area contributed by atoms with Gasteiger partial charge in [-0.15, -0.1) is 0 Å². The van der Waals surface area contributed by atoms with Crippen LogP contribution in [0.25, 0.3) is 22.2 Å². The van der Waals surface area contributed by atoms with Gasteiger partial charge in [-0.3, -0.25) is 9.97 Å². The van der Waals surface area contributed by atoms with Crippen LogP contribution in [0.3, 0.4) is 0 Å². The highest BCUT2D eigenvalue weighted by molar-refractivity contribution is 5.90. The van der Waals surface area contributed by atoms with E-state index in [1.54, 1.807) is 0 Å². The lowest BCUT2D eigenvalue weighted by Crippen LogP contribution is -2.20. The summed E-state index contributed by atoms with van der Waals surface area (Å²) >= 11 is 0. The Morgan fingerprint density at radius 3 is 2.77 bits per heavy atom. The number of nitrogens with one attached hydrogen (secondary N) is 3. The van der Waals surface area contributed by atoms with Gasteiger partial charge in [0, 0.05) is 31.1 Å². The van der Waals surface area contributed by atoms with Crippen molar-refractivity contribution in [3.8, 4) is 0 Å². The fourth-order valence-corrected chi connectivity index (χ4v) is 5.48. The molecule has 3 heterocycles. The molecule has 2 aliphatic rings. The van der Waals surface area contributed by atoms with Gasteiger partial charge in [0.05, 0.1) is 28.8 Å². The zero-order valence-corrected chi connectivity index (χ0v) is 23.1. The van der Waals surface area contributed by atoms with E-state index in [0.717, 1.165) is 68.5 Å². The van der Waals surface area contributed by atoms with Crippen LogP contribution in [0.4, 0.5) is 5.69 Å². The normalized spacial score (nSPS) is 16.4. The number of aromatic nitrogens is 4. The first-order valence-electron chi connectivity index (χ1n) is 13.9. The zero-order chi connectivity index (χ0) is 27.2. The molecule has 0 atom stereocenters. The molecule has 0 saturated heterocycles. The van der Waals surface area contributed by atoms with E-state index in [-0.39, 0.29) is 0 Å². The fourth-order valence-electron chi connectivity index (χ4n) is 5.48. The smallest absolute Gasteiger partial charge is 0.115 e. The third-order valence-electron chi connectivity index (χ3n) is 7.65. The molecule has 0 amide bonds. The summed E-state index contributed by atoms with van der Waals surface area (Å²) in [6.45, 7) is 10.4. The lowest BCUT2D eigenvalue weighted by Gasteiger charge is -2.25. The van der Waals surface area contributed by atoms with E-state index >= 15 is 0 Å². The van der Waals surface area contributed by atoms with E-state index in [1.807, 2.05) is 38.5 Å². The molecule has 0 spiro atoms. The van der Waals surface area contributed by atoms with E-state index < -0.39 is 0 Å². The Morgan fingerprint density at radius 1 is 1.21 bits per heavy atom. The molecule has 1 fully saturated rings. The number of nitrogens with zero attached hydrogens (tertiary/aromatic N) is 3. The number of imidazole rings is 1. The molecule has 3 aromatic heterocycles. The first-order valence-corrected chi connectivity index (χ1v) is 13.9. The number of hydrogen-bond acceptors (Lipinski definition) is 5. The van der Waals surface area contributed by atoms with Gasteiger partial charge in [-0.1, -0.05) is 56.7 Å². The maximum atomic E-state index is 4.96. The minimum absolute atomic E-state index is 0.524. The zero-order valence-electron chi connectivity index (χ0n) is 23.1. The number of H-pyrrole nitrogens is 1. The van der Waals surface area contributed by atoms with Crippen molar-refractivity contribution < 1.29 is 0 Å². The highest BCUT2D eigenvalue weighted by Gasteiger charge is 2.17. The molecular formula is C33H38N6. The Labute approximate surface area is 231 Å². The molecule has 200 valence electrons. The Hall–Kier alpha value is -4.19. The minimum Gasteiger partial charge on any atom is -0.387 e. The standard InChI is InChI=1S/C33H38N6/c1-5-23(18-27(6-2)37-22(3)24-12-8-7-9-13-24)29-19-26(30(34-4)21-36-29)20-31-38-28-16-17-35-32(33(28)39-31)25-14-10-11-15-25/h5-6,10,14-19,21,24,34,37H,2-3,7-9,11-13,20H2,1,4H3,(H,38,39)/b23-5+,27-18+. The second kappa shape index (κ2) is 12.1. The Balaban J connectivity index is 1.40. The van der Waals surface area contributed by atoms with E-state index in [1.165, 1.54) is 32.1 Å². The number of pyridine rings is 2. The molecule has 5 rings (SSSR count). The first-order chi connectivity index (χ1) is 19.1. The Kier molecular flexibility index (Phi) is 8.21. The van der Waals surface area contributed by atoms with Gasteiger partial charge in [-0.2, -0.15) is 0 Å². The quantitative estimate of drug-likeness (QED) is 0.242. The van der Waals surface area contributed by atoms with E-state index in [2.05, 4.69) is 70.2 Å². The molecular weight excluding hydrogens is 480 g/mol. The lowest BCUT2D eigenvalue weighted by molar-refractivity contribution is 0.393. The largest absolute Gasteiger partial charge is 0.387 e. The van der Waals surface area contributed by atoms with E-state index in [0.29, 0.717) is 12.3 Å². The van der Waals surface area contributed by atoms with E-state index in [4.69, 9.17) is 9.97 Å². The van der Waals surface area contributed by atoms with Gasteiger partial charge in [-0.25, -0.2) is 4.98 Å². The number of anilines is 1. The minimum atomic E-state index is 0.524. The van der Waals surface area contributed by atoms with Crippen LogP contribution in [0.1, 0.15) is 68.2 Å². The third-order valence-corrected chi connectivity index (χ3v) is 7.65. The highest BCUT2D eigenvalue weighted by atomic mass is 14.9. The molecule has 3 aromatic rings. The lowest BCUT2D eigenvalue weighted by atomic mass is 9.87. The first kappa shape index (κ1) is 26.4. The van der Waals surface area contributed by atoms with Crippen LogP contribution in [0, 0.1) is 5.92 Å². The molecule has 3 N–H and O–H groups in total. The van der Waals surface area contributed by atoms with Gasteiger partial charge in [0.25, 0.3) is 0 Å². The molecule has 6 heteroatoms. The molecule has 6 nitrogen and oxygen atoms in total. The molecule has 2 aliphatic carbocycles. The van der Waals surface area contributed by atoms with Crippen molar-refractivity contribution in [1.82, 2.24) is 25.3 Å². The summed E-state index contributed by atoms with van der Waals surface area (Å²) in [5.41, 5.74) is 9.98. The van der Waals surface area contributed by atoms with E-state index in [9.17, 15) is 0 Å². The SMILES string of the molecule is C=C/C(=C\C(=C/C)c1cc(Cc2nc3c(C4=CCC=C4)nccc3[nH]2)c(NC)cn1)NC(=C)C1CCCCC1. The monoisotopic (exact) mass is 518 g/mol. The topological polar surface area (TPSA) is 78.5 Å². The van der Waals surface area contributed by atoms with Gasteiger partial charge in [0.15, 0.2) is 0 Å². The number of hydrogen-bond donors (Lipinski definition) is 3. The van der Waals surface area contributed by atoms with Crippen LogP contribution in [-0.2, 0) is 6.42 Å². The van der Waals surface area contributed by atoms with Gasteiger partial charge in [0.1, 0.15) is 11.3 Å². The maximum Gasteiger partial charge on any atom is 0.115 e. The van der Waals surface area contributed by atoms with Crippen LogP contribution in [0.2, 0.25) is 0 Å². The van der Waals surface area contributed by atoms with Gasteiger partial charge in [-0.05, 0) is 73.1 Å². The van der Waals surface area contributed by atoms with Gasteiger partial charge in [0.2, 0.25) is 0 Å². The van der Waals surface area contributed by atoms with Crippen LogP contribution >= 0.6 is 0 Å². The van der Waals surface area contributed by atoms with Crippen LogP contribution < -0.4 is 10.6 Å². The molecule has 0 aromatic carbocycles. The number of fused-ring (bicyclic) bond motifs is 1. The van der Waals surface area contributed by atoms with Gasteiger partial charge < -0.3 is 15.6 Å². The molecule has 0 bridgehead atoms. The van der Waals surface area contributed by atoms with Crippen LogP contribution in [0.15, 0.2) is 85.5 Å². The number of aromatic amines is 1. The van der Waals surface area contributed by atoms with Crippen molar-refractivity contribution in [2.24, 2.45) is 5.92 Å². The second-order valence-corrected chi connectivity index (χ2v) is 10.2. The summed E-state index contributed by atoms with van der Waals surface area (Å²) in [6.07, 6.45) is 24.1. The Bertz CT molecular complexity index is 1490. The van der Waals surface area contributed by atoms with Crippen LogP contribution in [-0.4, -0.2) is 27.0 Å². The molecule has 0 aliphatic heterocycles. The van der Waals surface area contributed by atoms with Crippen molar-refractivity contribution in [1.29, 1.82) is 0 Å². The highest BCUT2D eigenvalue weighted by Crippen LogP contribution is 2.30. The molecule has 1 saturated carbocycles. The number of rotatable bonds is 10. The Morgan fingerprint density at radius 2 is 2.05 bits per heavy atom. The van der Waals surface area contributed by atoms with Crippen molar-refractivity contribution in [3.05, 3.63) is 108 Å². The predicted octanol–water partition coefficient (Wildman–Crippen LogP) is 7.49. The summed E-state index contributed by atoms with van der Waals surface area (Å²) < 4.78 is 0. The maximum absolute atomic E-state index is 4.96. The molecule has 39 heavy (non-hydrogen) atoms. The summed E-state index contributed by atoms with van der Waals surface area (Å²) in [6, 6.07) is 4.13. The van der Waals surface area contributed by atoms with Crippen molar-refractivity contribution in [3.63, 3.8) is 0 Å². The van der Waals surface area contributed by atoms with Gasteiger partial charge >= 0.3 is 0 Å². The summed E-state index contributed by atoms with van der Waals surface area (Å²) in [7, 11) is 1.92. The fraction of sp³-hybridized carbons (Fsp3) is 0.303. The second-order valence-electron chi connectivity index (χ2n) is 10.2. The molecule has 0 radical (unpaired) electrons. The van der Waals surface area contributed by atoms with Crippen LogP contribution in [0.5, 0.6) is 0 Å². The molecule has 0 unspecified atom stereocenters. The summed E-state index contributed by atoms with van der Waals surface area (Å²) in [5.74, 6) is 1.42. The average Bonchev–Trinajstić information content (AvgIpc) is 3.65. The van der Waals surface area contributed by atoms with Crippen molar-refractivity contribution in [2.75, 3.05) is 12.4 Å². The number of allylic oxidation sites excluding steroid dienone is 9. The van der Waals surface area contributed by atoms with Crippen molar-refractivity contribution in [2.45, 2.75) is 51.9 Å². The van der Waals surface area contributed by atoms with Crippen molar-refractivity contribution >= 4 is 27.9 Å². The third kappa shape index (κ3) is 5.95. The predicted molar refractivity (Wildman–Crippen MR) is 163 cm³/mol. The summed E-state index contributed by atoms with van der Waals surface area (Å²) in [4.78, 5) is 17.9.